The average molecular weight is 472 g/mol. The lowest BCUT2D eigenvalue weighted by Crippen LogP contribution is -2.37. The Labute approximate surface area is 180 Å². The van der Waals surface area contributed by atoms with Gasteiger partial charge in [-0.2, -0.15) is 0 Å². The van der Waals surface area contributed by atoms with Crippen molar-refractivity contribution in [3.05, 3.63) is 76.3 Å². The number of anilines is 1. The Bertz CT molecular complexity index is 1190. The summed E-state index contributed by atoms with van der Waals surface area (Å²) in [6.07, 6.45) is 0.668. The monoisotopic (exact) mass is 471 g/mol. The first-order valence-electron chi connectivity index (χ1n) is 9.46. The number of hydrogen-bond acceptors (Lipinski definition) is 3. The van der Waals surface area contributed by atoms with E-state index in [1.165, 1.54) is 0 Å². The number of hydrogen-bond donors (Lipinski definition) is 0. The summed E-state index contributed by atoms with van der Waals surface area (Å²) >= 11 is 3.53. The van der Waals surface area contributed by atoms with Crippen LogP contribution in [0.2, 0.25) is 0 Å². The van der Waals surface area contributed by atoms with E-state index in [9.17, 15) is 8.42 Å². The number of halogens is 1. The summed E-state index contributed by atoms with van der Waals surface area (Å²) in [4.78, 5) is 0.266. The van der Waals surface area contributed by atoms with E-state index in [0.29, 0.717) is 17.9 Å². The highest BCUT2D eigenvalue weighted by atomic mass is 79.9. The van der Waals surface area contributed by atoms with Crippen LogP contribution < -0.4 is 9.04 Å². The Hall–Kier alpha value is -2.31. The van der Waals surface area contributed by atoms with Crippen LogP contribution in [-0.4, -0.2) is 15.5 Å². The van der Waals surface area contributed by atoms with Gasteiger partial charge in [-0.1, -0.05) is 47.1 Å². The molecule has 1 heterocycles. The van der Waals surface area contributed by atoms with Crippen LogP contribution in [-0.2, 0) is 10.0 Å². The summed E-state index contributed by atoms with van der Waals surface area (Å²) in [6, 6.07) is 18.5. The zero-order valence-corrected chi connectivity index (χ0v) is 18.9. The molecule has 1 aliphatic heterocycles. The maximum absolute atomic E-state index is 13.8. The van der Waals surface area contributed by atoms with Gasteiger partial charge in [-0.15, -0.1) is 0 Å². The fourth-order valence-electron chi connectivity index (χ4n) is 4.05. The zero-order valence-electron chi connectivity index (χ0n) is 16.5. The highest BCUT2D eigenvalue weighted by molar-refractivity contribution is 9.10. The molecule has 0 amide bonds. The van der Waals surface area contributed by atoms with E-state index in [-0.39, 0.29) is 10.9 Å². The van der Waals surface area contributed by atoms with Crippen molar-refractivity contribution in [2.45, 2.75) is 31.2 Å². The van der Waals surface area contributed by atoms with Gasteiger partial charge in [0.1, 0.15) is 5.75 Å². The molecule has 150 valence electrons. The SMILES string of the molecule is CCC1c2ccccc2-c2cc(Br)ccc2N1S(=O)(=O)c1ccc(OC)c(C)c1. The lowest BCUT2D eigenvalue weighted by molar-refractivity contribution is 0.411. The molecule has 0 radical (unpaired) electrons. The van der Waals surface area contributed by atoms with Crippen LogP contribution in [0.15, 0.2) is 70.0 Å². The average Bonchev–Trinajstić information content (AvgIpc) is 2.72. The minimum absolute atomic E-state index is 0.266. The van der Waals surface area contributed by atoms with Gasteiger partial charge in [-0.05, 0) is 66.4 Å². The smallest absolute Gasteiger partial charge is 0.264 e. The molecule has 0 bridgehead atoms. The zero-order chi connectivity index (χ0) is 20.8. The molecule has 0 aliphatic carbocycles. The van der Waals surface area contributed by atoms with Crippen LogP contribution >= 0.6 is 15.9 Å². The molecular weight excluding hydrogens is 450 g/mol. The quantitative estimate of drug-likeness (QED) is 0.462. The minimum atomic E-state index is -3.78. The fourth-order valence-corrected chi connectivity index (χ4v) is 6.22. The molecule has 3 aromatic carbocycles. The molecule has 1 atom stereocenters. The van der Waals surface area contributed by atoms with Crippen LogP contribution in [0.25, 0.3) is 11.1 Å². The highest BCUT2D eigenvalue weighted by Gasteiger charge is 2.38. The van der Waals surface area contributed by atoms with E-state index < -0.39 is 10.0 Å². The van der Waals surface area contributed by atoms with Crippen LogP contribution in [0.1, 0.15) is 30.5 Å². The van der Waals surface area contributed by atoms with E-state index in [4.69, 9.17) is 4.74 Å². The predicted molar refractivity (Wildman–Crippen MR) is 120 cm³/mol. The minimum Gasteiger partial charge on any atom is -0.496 e. The summed E-state index contributed by atoms with van der Waals surface area (Å²) < 4.78 is 35.5. The molecule has 3 aromatic rings. The standard InChI is InChI=1S/C23H22BrNO3S/c1-4-21-19-8-6-5-7-18(19)20-14-16(24)9-11-22(20)25(21)29(26,27)17-10-12-23(28-3)15(2)13-17/h5-14,21H,4H2,1-3H3. The van der Waals surface area contributed by atoms with Gasteiger partial charge in [-0.25, -0.2) is 8.42 Å². The third kappa shape index (κ3) is 3.24. The number of aryl methyl sites for hydroxylation is 1. The van der Waals surface area contributed by atoms with Crippen molar-refractivity contribution in [3.63, 3.8) is 0 Å². The van der Waals surface area contributed by atoms with Crippen molar-refractivity contribution in [3.8, 4) is 16.9 Å². The van der Waals surface area contributed by atoms with E-state index in [1.807, 2.05) is 50.2 Å². The van der Waals surface area contributed by atoms with Crippen molar-refractivity contribution in [1.82, 2.24) is 0 Å². The first-order valence-corrected chi connectivity index (χ1v) is 11.7. The second-order valence-corrected chi connectivity index (χ2v) is 9.84. The molecular formula is C23H22BrNO3S. The predicted octanol–water partition coefficient (Wildman–Crippen LogP) is 6.09. The molecule has 6 heteroatoms. The third-order valence-corrected chi connectivity index (χ3v) is 7.71. The highest BCUT2D eigenvalue weighted by Crippen LogP contribution is 2.49. The molecule has 29 heavy (non-hydrogen) atoms. The maximum Gasteiger partial charge on any atom is 0.264 e. The van der Waals surface area contributed by atoms with E-state index in [0.717, 1.165) is 26.7 Å². The van der Waals surface area contributed by atoms with Gasteiger partial charge in [0.2, 0.25) is 0 Å². The number of ether oxygens (including phenoxy) is 1. The van der Waals surface area contributed by atoms with Crippen LogP contribution in [0.5, 0.6) is 5.75 Å². The summed E-state index contributed by atoms with van der Waals surface area (Å²) in [5.41, 5.74) is 4.50. The molecule has 4 nitrogen and oxygen atoms in total. The molecule has 1 unspecified atom stereocenters. The number of nitrogens with zero attached hydrogens (tertiary/aromatic N) is 1. The molecule has 0 aromatic heterocycles. The Balaban J connectivity index is 1.96. The lowest BCUT2D eigenvalue weighted by atomic mass is 9.89. The molecule has 1 aliphatic rings. The summed E-state index contributed by atoms with van der Waals surface area (Å²) in [7, 11) is -2.19. The Morgan fingerprint density at radius 2 is 1.79 bits per heavy atom. The fraction of sp³-hybridized carbons (Fsp3) is 0.217. The number of benzene rings is 3. The molecule has 0 fully saturated rings. The van der Waals surface area contributed by atoms with Crippen molar-refractivity contribution in [2.75, 3.05) is 11.4 Å². The van der Waals surface area contributed by atoms with Crippen LogP contribution in [0, 0.1) is 6.92 Å². The maximum atomic E-state index is 13.8. The number of methoxy groups -OCH3 is 1. The second-order valence-electron chi connectivity index (χ2n) is 7.11. The van der Waals surface area contributed by atoms with Gasteiger partial charge < -0.3 is 4.74 Å². The number of fused-ring (bicyclic) bond motifs is 3. The molecule has 0 saturated carbocycles. The van der Waals surface area contributed by atoms with Crippen molar-refractivity contribution in [2.24, 2.45) is 0 Å². The molecule has 0 N–H and O–H groups in total. The normalized spacial score (nSPS) is 15.6. The Kier molecular flexibility index (Phi) is 5.17. The summed E-state index contributed by atoms with van der Waals surface area (Å²) in [5, 5.41) is 0. The van der Waals surface area contributed by atoms with Gasteiger partial charge in [0, 0.05) is 10.0 Å². The van der Waals surface area contributed by atoms with Crippen molar-refractivity contribution >= 4 is 31.6 Å². The summed E-state index contributed by atoms with van der Waals surface area (Å²) in [5.74, 6) is 0.671. The Morgan fingerprint density at radius 3 is 2.48 bits per heavy atom. The van der Waals surface area contributed by atoms with Gasteiger partial charge >= 0.3 is 0 Å². The van der Waals surface area contributed by atoms with Crippen molar-refractivity contribution < 1.29 is 13.2 Å². The van der Waals surface area contributed by atoms with Gasteiger partial charge in [-0.3, -0.25) is 4.31 Å². The molecule has 0 saturated heterocycles. The largest absolute Gasteiger partial charge is 0.496 e. The van der Waals surface area contributed by atoms with Crippen LogP contribution in [0.4, 0.5) is 5.69 Å². The lowest BCUT2D eigenvalue weighted by Gasteiger charge is -2.39. The first-order chi connectivity index (χ1) is 13.9. The third-order valence-electron chi connectivity index (χ3n) is 5.40. The first kappa shape index (κ1) is 20.0. The Morgan fingerprint density at radius 1 is 1.03 bits per heavy atom. The number of rotatable bonds is 4. The van der Waals surface area contributed by atoms with E-state index in [1.54, 1.807) is 29.6 Å². The molecule has 0 spiro atoms. The van der Waals surface area contributed by atoms with Gasteiger partial charge in [0.15, 0.2) is 0 Å². The topological polar surface area (TPSA) is 46.6 Å². The summed E-state index contributed by atoms with van der Waals surface area (Å²) in [6.45, 7) is 3.87. The van der Waals surface area contributed by atoms with Crippen molar-refractivity contribution in [1.29, 1.82) is 0 Å². The number of sulfonamides is 1. The van der Waals surface area contributed by atoms with Crippen LogP contribution in [0.3, 0.4) is 0 Å². The second kappa shape index (κ2) is 7.50. The van der Waals surface area contributed by atoms with Gasteiger partial charge in [0.25, 0.3) is 10.0 Å². The van der Waals surface area contributed by atoms with Gasteiger partial charge in [0.05, 0.1) is 23.7 Å². The molecule has 4 rings (SSSR count). The van der Waals surface area contributed by atoms with E-state index in [2.05, 4.69) is 22.0 Å². The van der Waals surface area contributed by atoms with E-state index >= 15 is 0 Å².